The van der Waals surface area contributed by atoms with Crippen molar-refractivity contribution in [2.45, 2.75) is 6.54 Å². The number of quaternary nitrogens is 1. The van der Waals surface area contributed by atoms with Gasteiger partial charge < -0.3 is 20.3 Å². The summed E-state index contributed by atoms with van der Waals surface area (Å²) < 4.78 is 32.4. The van der Waals surface area contributed by atoms with Crippen molar-refractivity contribution in [2.75, 3.05) is 48.9 Å². The molecule has 1 aliphatic heterocycles. The van der Waals surface area contributed by atoms with E-state index < -0.39 is 11.6 Å². The maximum Gasteiger partial charge on any atom is 0.346 e. The van der Waals surface area contributed by atoms with E-state index in [1.54, 1.807) is 13.1 Å². The molecule has 7 nitrogen and oxygen atoms in total. The van der Waals surface area contributed by atoms with Crippen LogP contribution in [0.4, 0.5) is 31.7 Å². The molecule has 0 atom stereocenters. The topological polar surface area (TPSA) is 83.1 Å². The van der Waals surface area contributed by atoms with Crippen LogP contribution >= 0.6 is 0 Å². The van der Waals surface area contributed by atoms with Gasteiger partial charge in [0.15, 0.2) is 0 Å². The molecule has 3 aromatic rings. The van der Waals surface area contributed by atoms with Gasteiger partial charge in [-0.1, -0.05) is 0 Å². The first-order chi connectivity index (χ1) is 16.0. The number of pyridine rings is 1. The molecule has 4 N–H and O–H groups in total. The van der Waals surface area contributed by atoms with E-state index in [1.807, 2.05) is 24.3 Å². The minimum atomic E-state index is -0.650. The molecule has 1 aliphatic rings. The molecule has 1 fully saturated rings. The Morgan fingerprint density at radius 3 is 2.45 bits per heavy atom. The smallest absolute Gasteiger partial charge is 0.346 e. The van der Waals surface area contributed by atoms with E-state index >= 15 is 0 Å². The Morgan fingerprint density at radius 2 is 1.79 bits per heavy atom. The fourth-order valence-electron chi connectivity index (χ4n) is 3.66. The number of ether oxygens (including phenoxy) is 1. The molecule has 1 amide bonds. The monoisotopic (exact) mass is 454 g/mol. The SMILES string of the molecule is C[NH2+]C(=O)c1cnc(Nc2ccc(N3CCOCC3)cc2)cc1NCc1cc(F)cc(F)c1. The second kappa shape index (κ2) is 10.4. The van der Waals surface area contributed by atoms with Crippen molar-refractivity contribution in [1.82, 2.24) is 4.98 Å². The van der Waals surface area contributed by atoms with E-state index in [0.29, 0.717) is 22.6 Å². The van der Waals surface area contributed by atoms with E-state index in [-0.39, 0.29) is 12.5 Å². The molecule has 33 heavy (non-hydrogen) atoms. The summed E-state index contributed by atoms with van der Waals surface area (Å²) in [4.78, 5) is 19.0. The highest BCUT2D eigenvalue weighted by atomic mass is 19.1. The van der Waals surface area contributed by atoms with Gasteiger partial charge in [-0.3, -0.25) is 5.32 Å². The van der Waals surface area contributed by atoms with Crippen LogP contribution < -0.4 is 20.9 Å². The maximum absolute atomic E-state index is 13.5. The number of amides is 1. The lowest BCUT2D eigenvalue weighted by Gasteiger charge is -2.28. The number of carbonyl (C=O) groups excluding carboxylic acids is 1. The minimum absolute atomic E-state index is 0.149. The summed E-state index contributed by atoms with van der Waals surface area (Å²) in [6.07, 6.45) is 1.49. The highest BCUT2D eigenvalue weighted by Gasteiger charge is 2.16. The van der Waals surface area contributed by atoms with Gasteiger partial charge >= 0.3 is 5.91 Å². The minimum Gasteiger partial charge on any atom is -0.380 e. The normalized spacial score (nSPS) is 13.6. The molecule has 0 unspecified atom stereocenters. The van der Waals surface area contributed by atoms with E-state index in [2.05, 4.69) is 20.5 Å². The van der Waals surface area contributed by atoms with Crippen LogP contribution in [0, 0.1) is 11.6 Å². The Balaban J connectivity index is 1.50. The average molecular weight is 455 g/mol. The lowest BCUT2D eigenvalue weighted by molar-refractivity contribution is -0.523. The van der Waals surface area contributed by atoms with Gasteiger partial charge in [0.05, 0.1) is 25.9 Å². The summed E-state index contributed by atoms with van der Waals surface area (Å²) in [5.41, 5.74) is 3.30. The number of nitrogens with one attached hydrogen (secondary N) is 2. The van der Waals surface area contributed by atoms with Gasteiger partial charge in [-0.2, -0.15) is 0 Å². The summed E-state index contributed by atoms with van der Waals surface area (Å²) in [6, 6.07) is 13.0. The van der Waals surface area contributed by atoms with Crippen molar-refractivity contribution in [3.63, 3.8) is 0 Å². The summed E-state index contributed by atoms with van der Waals surface area (Å²) in [7, 11) is 1.65. The molecule has 1 aromatic heterocycles. The van der Waals surface area contributed by atoms with Gasteiger partial charge in [-0.15, -0.1) is 0 Å². The van der Waals surface area contributed by atoms with Crippen molar-refractivity contribution < 1.29 is 23.6 Å². The number of rotatable bonds is 7. The molecular weight excluding hydrogens is 428 g/mol. The number of morpholine rings is 1. The number of benzene rings is 2. The van der Waals surface area contributed by atoms with Crippen molar-refractivity contribution >= 4 is 28.8 Å². The molecule has 0 radical (unpaired) electrons. The molecule has 0 spiro atoms. The Hall–Kier alpha value is -3.56. The predicted octanol–water partition coefficient (Wildman–Crippen LogP) is 2.89. The molecule has 1 saturated heterocycles. The number of hydrogen-bond donors (Lipinski definition) is 3. The molecule has 9 heteroatoms. The Labute approximate surface area is 190 Å². The summed E-state index contributed by atoms with van der Waals surface area (Å²) in [5.74, 6) is -0.961. The number of carbonyl (C=O) groups is 1. The van der Waals surface area contributed by atoms with Crippen molar-refractivity contribution in [2.24, 2.45) is 0 Å². The highest BCUT2D eigenvalue weighted by Crippen LogP contribution is 2.24. The second-order valence-electron chi connectivity index (χ2n) is 7.67. The van der Waals surface area contributed by atoms with Gasteiger partial charge in [-0.25, -0.2) is 18.6 Å². The summed E-state index contributed by atoms with van der Waals surface area (Å²) in [5, 5.41) is 7.79. The zero-order valence-corrected chi connectivity index (χ0v) is 18.3. The molecule has 2 heterocycles. The van der Waals surface area contributed by atoms with Crippen LogP contribution in [-0.2, 0) is 11.3 Å². The first-order valence-corrected chi connectivity index (χ1v) is 10.7. The number of hydrogen-bond acceptors (Lipinski definition) is 6. The van der Waals surface area contributed by atoms with Gasteiger partial charge in [0.2, 0.25) is 0 Å². The number of halogens is 2. The lowest BCUT2D eigenvalue weighted by atomic mass is 10.1. The van der Waals surface area contributed by atoms with Crippen LogP contribution in [0.2, 0.25) is 0 Å². The van der Waals surface area contributed by atoms with Gasteiger partial charge in [0, 0.05) is 49.3 Å². The molecule has 2 aromatic carbocycles. The molecular formula is C24H26F2N5O2+. The number of primary amides is 1. The van der Waals surface area contributed by atoms with E-state index in [0.717, 1.165) is 43.7 Å². The summed E-state index contributed by atoms with van der Waals surface area (Å²) in [6.45, 7) is 3.33. The number of nitrogens with zero attached hydrogens (tertiary/aromatic N) is 2. The average Bonchev–Trinajstić information content (AvgIpc) is 2.83. The van der Waals surface area contributed by atoms with Crippen molar-refractivity contribution in [1.29, 1.82) is 0 Å². The van der Waals surface area contributed by atoms with Crippen LogP contribution in [0.3, 0.4) is 0 Å². The zero-order valence-electron chi connectivity index (χ0n) is 18.3. The molecule has 172 valence electrons. The Kier molecular flexibility index (Phi) is 7.11. The zero-order chi connectivity index (χ0) is 23.2. The first kappa shape index (κ1) is 22.6. The van der Waals surface area contributed by atoms with Crippen molar-refractivity contribution in [3.8, 4) is 0 Å². The fraction of sp³-hybridized carbons (Fsp3) is 0.250. The molecule has 0 saturated carbocycles. The quantitative estimate of drug-likeness (QED) is 0.509. The third-order valence-corrected chi connectivity index (χ3v) is 5.35. The molecule has 0 bridgehead atoms. The molecule has 4 rings (SSSR count). The lowest BCUT2D eigenvalue weighted by Crippen LogP contribution is -2.83. The predicted molar refractivity (Wildman–Crippen MR) is 123 cm³/mol. The van der Waals surface area contributed by atoms with Gasteiger partial charge in [0.1, 0.15) is 23.0 Å². The van der Waals surface area contributed by atoms with E-state index in [4.69, 9.17) is 4.74 Å². The largest absolute Gasteiger partial charge is 0.380 e. The van der Waals surface area contributed by atoms with E-state index in [1.165, 1.54) is 23.6 Å². The second-order valence-corrected chi connectivity index (χ2v) is 7.67. The van der Waals surface area contributed by atoms with Gasteiger partial charge in [0.25, 0.3) is 0 Å². The van der Waals surface area contributed by atoms with Crippen LogP contribution in [-0.4, -0.2) is 44.2 Å². The van der Waals surface area contributed by atoms with Crippen LogP contribution in [0.15, 0.2) is 54.7 Å². The maximum atomic E-state index is 13.5. The fourth-order valence-corrected chi connectivity index (χ4v) is 3.66. The molecule has 0 aliphatic carbocycles. The number of aromatic nitrogens is 1. The number of anilines is 4. The Bertz CT molecular complexity index is 1100. The van der Waals surface area contributed by atoms with Crippen LogP contribution in [0.5, 0.6) is 0 Å². The third-order valence-electron chi connectivity index (χ3n) is 5.35. The first-order valence-electron chi connectivity index (χ1n) is 10.7. The van der Waals surface area contributed by atoms with E-state index in [9.17, 15) is 13.6 Å². The number of nitrogens with two attached hydrogens (primary N) is 1. The standard InChI is InChI=1S/C24H25F2N5O2/c1-27-24(32)21-15-29-23(13-22(21)28-14-16-10-17(25)12-18(26)11-16)30-19-2-4-20(5-3-19)31-6-8-33-9-7-31/h2-5,10-13,15H,6-9,14H2,1H3,(H,27,32)(H2,28,29,30)/p+1. The summed E-state index contributed by atoms with van der Waals surface area (Å²) >= 11 is 0. The van der Waals surface area contributed by atoms with Crippen molar-refractivity contribution in [3.05, 3.63) is 77.5 Å². The van der Waals surface area contributed by atoms with Crippen LogP contribution in [0.1, 0.15) is 15.9 Å². The highest BCUT2D eigenvalue weighted by molar-refractivity contribution is 5.93. The van der Waals surface area contributed by atoms with Crippen LogP contribution in [0.25, 0.3) is 0 Å². The Morgan fingerprint density at radius 1 is 1.09 bits per heavy atom. The van der Waals surface area contributed by atoms with Gasteiger partial charge in [-0.05, 0) is 42.0 Å². The third kappa shape index (κ3) is 5.82.